The number of rotatable bonds is 1. The Morgan fingerprint density at radius 3 is 2.17 bits per heavy atom. The molecule has 0 spiro atoms. The maximum Gasteiger partial charge on any atom is 0.0737 e. The van der Waals surface area contributed by atoms with E-state index in [2.05, 4.69) is 63.6 Å². The summed E-state index contributed by atoms with van der Waals surface area (Å²) < 4.78 is 6.53. The van der Waals surface area contributed by atoms with Crippen molar-refractivity contribution in [3.05, 3.63) is 28.7 Å². The molecule has 2 fully saturated rings. The third-order valence-electron chi connectivity index (χ3n) is 4.32. The van der Waals surface area contributed by atoms with Gasteiger partial charge in [0.05, 0.1) is 8.22 Å². The lowest BCUT2D eigenvalue weighted by atomic mass is 9.91. The zero-order valence-corrected chi connectivity index (χ0v) is 13.5. The summed E-state index contributed by atoms with van der Waals surface area (Å²) in [6.45, 7) is 0. The molecule has 1 saturated carbocycles. The van der Waals surface area contributed by atoms with E-state index in [1.165, 1.54) is 35.5 Å². The molecule has 1 aliphatic heterocycles. The van der Waals surface area contributed by atoms with Crippen molar-refractivity contribution in [3.8, 4) is 0 Å². The zero-order chi connectivity index (χ0) is 12.7. The van der Waals surface area contributed by atoms with Gasteiger partial charge >= 0.3 is 0 Å². The summed E-state index contributed by atoms with van der Waals surface area (Å²) in [5.74, 6) is 0. The summed E-state index contributed by atoms with van der Waals surface area (Å²) in [4.78, 5) is 0. The molecule has 1 heterocycles. The van der Waals surface area contributed by atoms with E-state index in [1.807, 2.05) is 0 Å². The Balaban J connectivity index is 1.95. The molecule has 2 atom stereocenters. The maximum absolute atomic E-state index is 3.72. The number of halogens is 1. The Kier molecular flexibility index (Phi) is 3.77. The number of nitrogens with zero attached hydrogens (tertiary/aromatic N) is 2. The van der Waals surface area contributed by atoms with Crippen molar-refractivity contribution in [1.29, 1.82) is 0 Å². The second-order valence-corrected chi connectivity index (χ2v) is 8.48. The van der Waals surface area contributed by atoms with Gasteiger partial charge in [0.1, 0.15) is 0 Å². The highest BCUT2D eigenvalue weighted by atomic mass is 79.9. The largest absolute Gasteiger partial charge is 0.265 e. The van der Waals surface area contributed by atoms with Crippen LogP contribution in [0.5, 0.6) is 0 Å². The molecule has 1 saturated heterocycles. The molecule has 0 amide bonds. The van der Waals surface area contributed by atoms with Crippen LogP contribution in [-0.4, -0.2) is 35.5 Å². The van der Waals surface area contributed by atoms with Gasteiger partial charge in [-0.25, -0.2) is 0 Å². The first-order chi connectivity index (χ1) is 8.70. The van der Waals surface area contributed by atoms with E-state index in [1.54, 1.807) is 0 Å². The molecule has 0 bridgehead atoms. The summed E-state index contributed by atoms with van der Waals surface area (Å²) >= 11 is 3.72. The molecule has 18 heavy (non-hydrogen) atoms. The second-order valence-electron chi connectivity index (χ2n) is 5.31. The molecule has 98 valence electrons. The third-order valence-corrected chi connectivity index (χ3v) is 7.93. The highest BCUT2D eigenvalue weighted by Crippen LogP contribution is 2.55. The molecule has 1 aromatic carbocycles. The van der Waals surface area contributed by atoms with Gasteiger partial charge in [0.25, 0.3) is 0 Å². The standard InChI is InChI=1S/C14H20BrN2P/c1-16-12-8-4-5-9-13(12)17(2)18(16)14-10-6-3-7-11(14)15/h3,6-7,10,12-13H,4-5,8-9H2,1-2H3/t12-,13-/m1/s1. The Bertz CT molecular complexity index is 422. The fourth-order valence-corrected chi connectivity index (χ4v) is 6.89. The van der Waals surface area contributed by atoms with Gasteiger partial charge in [0.15, 0.2) is 0 Å². The van der Waals surface area contributed by atoms with Crippen LogP contribution in [0, 0.1) is 0 Å². The van der Waals surface area contributed by atoms with Gasteiger partial charge in [0, 0.05) is 21.9 Å². The predicted octanol–water partition coefficient (Wildman–Crippen LogP) is 3.57. The van der Waals surface area contributed by atoms with Crippen molar-refractivity contribution in [2.75, 3.05) is 14.1 Å². The second kappa shape index (κ2) is 5.20. The van der Waals surface area contributed by atoms with Crippen molar-refractivity contribution >= 4 is 29.5 Å². The van der Waals surface area contributed by atoms with Gasteiger partial charge in [-0.1, -0.05) is 47.0 Å². The third kappa shape index (κ3) is 2.06. The monoisotopic (exact) mass is 326 g/mol. The van der Waals surface area contributed by atoms with Crippen molar-refractivity contribution in [2.24, 2.45) is 0 Å². The summed E-state index contributed by atoms with van der Waals surface area (Å²) in [6.07, 6.45) is 5.54. The summed E-state index contributed by atoms with van der Waals surface area (Å²) in [7, 11) is 4.32. The SMILES string of the molecule is CN1[C@@H]2CCCC[C@H]2N(C)P1c1ccccc1Br. The van der Waals surface area contributed by atoms with Crippen LogP contribution in [-0.2, 0) is 0 Å². The average molecular weight is 327 g/mol. The van der Waals surface area contributed by atoms with Crippen molar-refractivity contribution in [1.82, 2.24) is 9.34 Å². The summed E-state index contributed by atoms with van der Waals surface area (Å²) in [5, 5.41) is 1.46. The smallest absolute Gasteiger partial charge is 0.0737 e. The van der Waals surface area contributed by atoms with Crippen LogP contribution in [0.2, 0.25) is 0 Å². The molecular weight excluding hydrogens is 307 g/mol. The van der Waals surface area contributed by atoms with E-state index in [9.17, 15) is 0 Å². The van der Waals surface area contributed by atoms with E-state index in [-0.39, 0.29) is 8.22 Å². The zero-order valence-electron chi connectivity index (χ0n) is 11.0. The van der Waals surface area contributed by atoms with Crippen molar-refractivity contribution < 1.29 is 0 Å². The minimum Gasteiger partial charge on any atom is -0.265 e. The highest BCUT2D eigenvalue weighted by molar-refractivity contribution is 9.10. The van der Waals surface area contributed by atoms with Crippen LogP contribution < -0.4 is 5.30 Å². The van der Waals surface area contributed by atoms with Gasteiger partial charge in [0.2, 0.25) is 0 Å². The molecule has 2 nitrogen and oxygen atoms in total. The Labute approximate surface area is 119 Å². The number of hydrogen-bond donors (Lipinski definition) is 0. The van der Waals surface area contributed by atoms with Gasteiger partial charge in [-0.2, -0.15) is 0 Å². The van der Waals surface area contributed by atoms with E-state index in [4.69, 9.17) is 0 Å². The minimum absolute atomic E-state index is 0.314. The van der Waals surface area contributed by atoms with E-state index in [0.717, 1.165) is 12.1 Å². The van der Waals surface area contributed by atoms with Gasteiger partial charge < -0.3 is 0 Å². The van der Waals surface area contributed by atoms with E-state index in [0.29, 0.717) is 0 Å². The first-order valence-corrected chi connectivity index (χ1v) is 8.74. The number of hydrogen-bond acceptors (Lipinski definition) is 2. The van der Waals surface area contributed by atoms with Crippen LogP contribution in [0.15, 0.2) is 28.7 Å². The van der Waals surface area contributed by atoms with Crippen LogP contribution in [0.4, 0.5) is 0 Å². The predicted molar refractivity (Wildman–Crippen MR) is 82.3 cm³/mol. The summed E-state index contributed by atoms with van der Waals surface area (Å²) in [6, 6.07) is 10.2. The van der Waals surface area contributed by atoms with Gasteiger partial charge in [-0.3, -0.25) is 9.34 Å². The molecule has 4 heteroatoms. The molecule has 0 aromatic heterocycles. The molecule has 0 unspecified atom stereocenters. The lowest BCUT2D eigenvalue weighted by Gasteiger charge is -2.29. The van der Waals surface area contributed by atoms with Crippen LogP contribution in [0.3, 0.4) is 0 Å². The number of fused-ring (bicyclic) bond motifs is 1. The first kappa shape index (κ1) is 13.1. The van der Waals surface area contributed by atoms with Gasteiger partial charge in [-0.05, 0) is 33.0 Å². The fourth-order valence-electron chi connectivity index (χ4n) is 3.42. The van der Waals surface area contributed by atoms with Gasteiger partial charge in [-0.15, -0.1) is 0 Å². The van der Waals surface area contributed by atoms with E-state index < -0.39 is 0 Å². The minimum atomic E-state index is -0.314. The first-order valence-electron chi connectivity index (χ1n) is 6.70. The highest BCUT2D eigenvalue weighted by Gasteiger charge is 2.45. The lowest BCUT2D eigenvalue weighted by Crippen LogP contribution is -2.37. The van der Waals surface area contributed by atoms with Crippen LogP contribution >= 0.6 is 24.2 Å². The molecule has 1 aliphatic carbocycles. The topological polar surface area (TPSA) is 6.48 Å². The number of likely N-dealkylation sites (N-methyl/N-ethyl adjacent to an activating group) is 2. The Hall–Kier alpha value is 0.0500. The fraction of sp³-hybridized carbons (Fsp3) is 0.571. The molecule has 0 N–H and O–H groups in total. The molecular formula is C14H20BrN2P. The molecule has 1 aromatic rings. The Morgan fingerprint density at radius 1 is 1.06 bits per heavy atom. The molecule has 2 aliphatic rings. The molecule has 3 rings (SSSR count). The number of benzene rings is 1. The van der Waals surface area contributed by atoms with E-state index >= 15 is 0 Å². The van der Waals surface area contributed by atoms with Crippen LogP contribution in [0.1, 0.15) is 25.7 Å². The quantitative estimate of drug-likeness (QED) is 0.728. The summed E-state index contributed by atoms with van der Waals surface area (Å²) in [5.41, 5.74) is 0. The Morgan fingerprint density at radius 2 is 1.61 bits per heavy atom. The normalized spacial score (nSPS) is 30.6. The van der Waals surface area contributed by atoms with Crippen LogP contribution in [0.25, 0.3) is 0 Å². The van der Waals surface area contributed by atoms with Crippen molar-refractivity contribution in [2.45, 2.75) is 37.8 Å². The van der Waals surface area contributed by atoms with Crippen molar-refractivity contribution in [3.63, 3.8) is 0 Å². The maximum atomic E-state index is 3.72. The average Bonchev–Trinajstić information content (AvgIpc) is 2.64. The lowest BCUT2D eigenvalue weighted by molar-refractivity contribution is 0.233. The molecule has 0 radical (unpaired) electrons.